The second-order valence-corrected chi connectivity index (χ2v) is 5.31. The molecule has 1 N–H and O–H groups in total. The Labute approximate surface area is 108 Å². The van der Waals surface area contributed by atoms with Gasteiger partial charge in [0.25, 0.3) is 0 Å². The second kappa shape index (κ2) is 4.63. The fraction of sp³-hybridized carbons (Fsp3) is 0.533. The van der Waals surface area contributed by atoms with Crippen LogP contribution in [0.15, 0.2) is 24.3 Å². The van der Waals surface area contributed by atoms with E-state index < -0.39 is 0 Å². The van der Waals surface area contributed by atoms with Crippen LogP contribution in [0, 0.1) is 17.8 Å². The number of carbonyl (C=O) groups excluding carboxylic acids is 1. The van der Waals surface area contributed by atoms with Gasteiger partial charge in [0.05, 0.1) is 7.11 Å². The molecular weight excluding hydrogens is 226 g/mol. The first-order chi connectivity index (χ1) is 8.81. The Morgan fingerprint density at radius 1 is 1.33 bits per heavy atom. The van der Waals surface area contributed by atoms with Crippen LogP contribution in [0.1, 0.15) is 24.8 Å². The Bertz CT molecular complexity index is 448. The number of para-hydroxylation sites is 1. The SMILES string of the molecule is COc1ccccc1CNC(=O)C1C2CCCC21. The zero-order chi connectivity index (χ0) is 12.5. The van der Waals surface area contributed by atoms with Crippen molar-refractivity contribution >= 4 is 5.91 Å². The molecule has 2 unspecified atom stereocenters. The van der Waals surface area contributed by atoms with Crippen molar-refractivity contribution < 1.29 is 9.53 Å². The smallest absolute Gasteiger partial charge is 0.223 e. The third kappa shape index (κ3) is 1.98. The Balaban J connectivity index is 1.56. The van der Waals surface area contributed by atoms with Gasteiger partial charge in [0.2, 0.25) is 5.91 Å². The van der Waals surface area contributed by atoms with Crippen LogP contribution in [-0.4, -0.2) is 13.0 Å². The summed E-state index contributed by atoms with van der Waals surface area (Å²) >= 11 is 0. The third-order valence-electron chi connectivity index (χ3n) is 4.35. The lowest BCUT2D eigenvalue weighted by Gasteiger charge is -2.10. The third-order valence-corrected chi connectivity index (χ3v) is 4.35. The Hall–Kier alpha value is -1.51. The fourth-order valence-electron chi connectivity index (χ4n) is 3.36. The molecule has 2 saturated carbocycles. The molecule has 3 heteroatoms. The standard InChI is InChI=1S/C15H19NO2/c1-18-13-8-3-2-5-10(13)9-16-15(17)14-11-6-4-7-12(11)14/h2-3,5,8,11-12,14H,4,6-7,9H2,1H3,(H,16,17). The highest BCUT2D eigenvalue weighted by atomic mass is 16.5. The molecule has 2 atom stereocenters. The monoisotopic (exact) mass is 245 g/mol. The van der Waals surface area contributed by atoms with Gasteiger partial charge in [-0.05, 0) is 30.7 Å². The van der Waals surface area contributed by atoms with Gasteiger partial charge in [-0.25, -0.2) is 0 Å². The lowest BCUT2D eigenvalue weighted by atomic mass is 10.1. The van der Waals surface area contributed by atoms with Crippen LogP contribution in [0.3, 0.4) is 0 Å². The fourth-order valence-corrected chi connectivity index (χ4v) is 3.36. The molecule has 2 fully saturated rings. The summed E-state index contributed by atoms with van der Waals surface area (Å²) in [6, 6.07) is 7.82. The predicted octanol–water partition coefficient (Wildman–Crippen LogP) is 2.36. The number of carbonyl (C=O) groups is 1. The number of hydrogen-bond acceptors (Lipinski definition) is 2. The van der Waals surface area contributed by atoms with Gasteiger partial charge >= 0.3 is 0 Å². The highest BCUT2D eigenvalue weighted by Gasteiger charge is 2.56. The van der Waals surface area contributed by atoms with Gasteiger partial charge in [-0.15, -0.1) is 0 Å². The molecule has 0 bridgehead atoms. The first-order valence-corrected chi connectivity index (χ1v) is 6.71. The Morgan fingerprint density at radius 3 is 2.78 bits per heavy atom. The van der Waals surface area contributed by atoms with Gasteiger partial charge in [0, 0.05) is 18.0 Å². The topological polar surface area (TPSA) is 38.3 Å². The maximum atomic E-state index is 12.0. The van der Waals surface area contributed by atoms with Gasteiger partial charge in [0.15, 0.2) is 0 Å². The summed E-state index contributed by atoms with van der Waals surface area (Å²) in [5.74, 6) is 2.74. The van der Waals surface area contributed by atoms with Gasteiger partial charge in [-0.3, -0.25) is 4.79 Å². The highest BCUT2D eigenvalue weighted by Crippen LogP contribution is 2.57. The number of rotatable bonds is 4. The molecule has 18 heavy (non-hydrogen) atoms. The average molecular weight is 245 g/mol. The van der Waals surface area contributed by atoms with E-state index in [-0.39, 0.29) is 5.91 Å². The van der Waals surface area contributed by atoms with Crippen molar-refractivity contribution in [2.75, 3.05) is 7.11 Å². The van der Waals surface area contributed by atoms with Crippen LogP contribution in [-0.2, 0) is 11.3 Å². The van der Waals surface area contributed by atoms with E-state index in [9.17, 15) is 4.79 Å². The normalized spacial score (nSPS) is 28.6. The minimum atomic E-state index is 0.232. The van der Waals surface area contributed by atoms with Gasteiger partial charge in [-0.1, -0.05) is 24.6 Å². The summed E-state index contributed by atoms with van der Waals surface area (Å²) in [6.07, 6.45) is 3.81. The van der Waals surface area contributed by atoms with Crippen LogP contribution < -0.4 is 10.1 Å². The van der Waals surface area contributed by atoms with Crippen molar-refractivity contribution in [3.63, 3.8) is 0 Å². The van der Waals surface area contributed by atoms with Crippen LogP contribution in [0.5, 0.6) is 5.75 Å². The van der Waals surface area contributed by atoms with E-state index in [4.69, 9.17) is 4.74 Å². The van der Waals surface area contributed by atoms with Gasteiger partial charge in [-0.2, -0.15) is 0 Å². The van der Waals surface area contributed by atoms with E-state index in [0.717, 1.165) is 11.3 Å². The molecule has 0 spiro atoms. The first kappa shape index (κ1) is 11.6. The van der Waals surface area contributed by atoms with E-state index in [0.29, 0.717) is 24.3 Å². The lowest BCUT2D eigenvalue weighted by molar-refractivity contribution is -0.123. The van der Waals surface area contributed by atoms with Gasteiger partial charge in [0.1, 0.15) is 5.75 Å². The van der Waals surface area contributed by atoms with E-state index in [1.165, 1.54) is 19.3 Å². The molecule has 0 radical (unpaired) electrons. The van der Waals surface area contributed by atoms with E-state index >= 15 is 0 Å². The number of nitrogens with one attached hydrogen (secondary N) is 1. The number of hydrogen-bond donors (Lipinski definition) is 1. The predicted molar refractivity (Wildman–Crippen MR) is 69.2 cm³/mol. The van der Waals surface area contributed by atoms with Crippen LogP contribution in [0.4, 0.5) is 0 Å². The Morgan fingerprint density at radius 2 is 2.06 bits per heavy atom. The number of amides is 1. The molecule has 0 aromatic heterocycles. The summed E-state index contributed by atoms with van der Waals surface area (Å²) in [4.78, 5) is 12.0. The summed E-state index contributed by atoms with van der Waals surface area (Å²) in [6.45, 7) is 0.568. The highest BCUT2D eigenvalue weighted by molar-refractivity contribution is 5.82. The molecule has 2 aliphatic carbocycles. The summed E-state index contributed by atoms with van der Waals surface area (Å²) in [7, 11) is 1.66. The molecule has 3 nitrogen and oxygen atoms in total. The molecule has 1 aromatic carbocycles. The zero-order valence-corrected chi connectivity index (χ0v) is 10.7. The molecule has 3 rings (SSSR count). The van der Waals surface area contributed by atoms with Crippen molar-refractivity contribution in [1.82, 2.24) is 5.32 Å². The minimum absolute atomic E-state index is 0.232. The van der Waals surface area contributed by atoms with E-state index in [2.05, 4.69) is 5.32 Å². The molecule has 0 saturated heterocycles. The van der Waals surface area contributed by atoms with Crippen LogP contribution in [0.25, 0.3) is 0 Å². The maximum absolute atomic E-state index is 12.0. The summed E-state index contributed by atoms with van der Waals surface area (Å²) in [5.41, 5.74) is 1.04. The number of methoxy groups -OCH3 is 1. The average Bonchev–Trinajstić information content (AvgIpc) is 2.89. The van der Waals surface area contributed by atoms with Gasteiger partial charge < -0.3 is 10.1 Å². The number of ether oxygens (including phenoxy) is 1. The number of fused-ring (bicyclic) bond motifs is 1. The molecule has 96 valence electrons. The second-order valence-electron chi connectivity index (χ2n) is 5.31. The quantitative estimate of drug-likeness (QED) is 0.884. The number of benzene rings is 1. The lowest BCUT2D eigenvalue weighted by Crippen LogP contribution is -2.26. The van der Waals surface area contributed by atoms with Crippen LogP contribution in [0.2, 0.25) is 0 Å². The largest absolute Gasteiger partial charge is 0.496 e. The zero-order valence-electron chi connectivity index (χ0n) is 10.7. The maximum Gasteiger partial charge on any atom is 0.223 e. The molecule has 1 aromatic rings. The van der Waals surface area contributed by atoms with Crippen molar-refractivity contribution in [3.05, 3.63) is 29.8 Å². The van der Waals surface area contributed by atoms with E-state index in [1.54, 1.807) is 7.11 Å². The van der Waals surface area contributed by atoms with Crippen LogP contribution >= 0.6 is 0 Å². The first-order valence-electron chi connectivity index (χ1n) is 6.71. The summed E-state index contributed by atoms with van der Waals surface area (Å²) < 4.78 is 5.28. The van der Waals surface area contributed by atoms with Crippen molar-refractivity contribution in [1.29, 1.82) is 0 Å². The molecular formula is C15H19NO2. The Kier molecular flexibility index (Phi) is 2.98. The molecule has 1 amide bonds. The molecule has 0 heterocycles. The molecule has 0 aliphatic heterocycles. The van der Waals surface area contributed by atoms with E-state index in [1.807, 2.05) is 24.3 Å². The molecule has 2 aliphatic rings. The minimum Gasteiger partial charge on any atom is -0.496 e. The van der Waals surface area contributed by atoms with Crippen molar-refractivity contribution in [2.24, 2.45) is 17.8 Å². The van der Waals surface area contributed by atoms with Crippen molar-refractivity contribution in [2.45, 2.75) is 25.8 Å². The summed E-state index contributed by atoms with van der Waals surface area (Å²) in [5, 5.41) is 3.05. The van der Waals surface area contributed by atoms with Crippen molar-refractivity contribution in [3.8, 4) is 5.75 Å².